The molecule has 0 radical (unpaired) electrons. The Bertz CT molecular complexity index is 1460. The van der Waals surface area contributed by atoms with Crippen molar-refractivity contribution < 1.29 is 4.74 Å². The third-order valence-corrected chi connectivity index (χ3v) is 5.67. The van der Waals surface area contributed by atoms with E-state index < -0.39 is 0 Å². The van der Waals surface area contributed by atoms with Gasteiger partial charge in [-0.2, -0.15) is 5.26 Å². The monoisotopic (exact) mass is 411 g/mol. The van der Waals surface area contributed by atoms with Gasteiger partial charge in [0.15, 0.2) is 0 Å². The largest absolute Gasteiger partial charge is 0.489 e. The van der Waals surface area contributed by atoms with Crippen LogP contribution in [0, 0.1) is 11.3 Å². The molecule has 0 fully saturated rings. The second-order valence-electron chi connectivity index (χ2n) is 7.69. The molecule has 5 aromatic carbocycles. The summed E-state index contributed by atoms with van der Waals surface area (Å²) in [6, 6.07) is 39.1. The van der Waals surface area contributed by atoms with E-state index >= 15 is 0 Å². The van der Waals surface area contributed by atoms with Gasteiger partial charge in [0.1, 0.15) is 12.4 Å². The van der Waals surface area contributed by atoms with Gasteiger partial charge in [-0.25, -0.2) is 0 Å². The number of nitriles is 1. The Morgan fingerprint density at radius 2 is 1.31 bits per heavy atom. The van der Waals surface area contributed by atoms with Crippen LogP contribution in [0.2, 0.25) is 0 Å². The zero-order valence-electron chi connectivity index (χ0n) is 17.5. The lowest BCUT2D eigenvalue weighted by Gasteiger charge is -2.09. The highest BCUT2D eigenvalue weighted by Gasteiger charge is 2.07. The predicted octanol–water partition coefficient (Wildman–Crippen LogP) is 7.64. The van der Waals surface area contributed by atoms with Crippen molar-refractivity contribution in [2.75, 3.05) is 0 Å². The fourth-order valence-electron chi connectivity index (χ4n) is 4.04. The van der Waals surface area contributed by atoms with E-state index in [1.807, 2.05) is 60.7 Å². The van der Waals surface area contributed by atoms with Crippen LogP contribution in [0.25, 0.3) is 33.2 Å². The fourth-order valence-corrected chi connectivity index (χ4v) is 4.04. The molecule has 32 heavy (non-hydrogen) atoms. The number of benzene rings is 5. The van der Waals surface area contributed by atoms with Gasteiger partial charge >= 0.3 is 0 Å². The van der Waals surface area contributed by atoms with E-state index in [4.69, 9.17) is 4.74 Å². The van der Waals surface area contributed by atoms with Crippen molar-refractivity contribution in [2.24, 2.45) is 0 Å². The van der Waals surface area contributed by atoms with Crippen molar-refractivity contribution in [1.29, 1.82) is 5.26 Å². The Labute approximate surface area is 187 Å². The van der Waals surface area contributed by atoms with E-state index in [1.165, 1.54) is 10.8 Å². The van der Waals surface area contributed by atoms with E-state index in [0.29, 0.717) is 12.2 Å². The van der Waals surface area contributed by atoms with Crippen LogP contribution in [0.1, 0.15) is 16.7 Å². The summed E-state index contributed by atoms with van der Waals surface area (Å²) in [6.07, 6.45) is 1.93. The minimum Gasteiger partial charge on any atom is -0.489 e. The zero-order valence-corrected chi connectivity index (χ0v) is 17.5. The van der Waals surface area contributed by atoms with Gasteiger partial charge in [-0.05, 0) is 50.9 Å². The normalized spacial score (nSPS) is 11.4. The average Bonchev–Trinajstić information content (AvgIpc) is 2.86. The van der Waals surface area contributed by atoms with Gasteiger partial charge < -0.3 is 4.74 Å². The summed E-state index contributed by atoms with van der Waals surface area (Å²) < 4.78 is 6.04. The second kappa shape index (κ2) is 8.79. The molecule has 2 heteroatoms. The number of fused-ring (bicyclic) bond motifs is 2. The van der Waals surface area contributed by atoms with E-state index in [1.54, 1.807) is 0 Å². The molecule has 5 aromatic rings. The number of nitrogens with zero attached hydrogens (tertiary/aromatic N) is 1. The van der Waals surface area contributed by atoms with E-state index in [-0.39, 0.29) is 0 Å². The molecule has 0 atom stereocenters. The molecule has 0 bridgehead atoms. The molecule has 0 heterocycles. The number of rotatable bonds is 5. The molecule has 0 saturated heterocycles. The lowest BCUT2D eigenvalue weighted by molar-refractivity contribution is 0.307. The summed E-state index contributed by atoms with van der Waals surface area (Å²) in [5.74, 6) is 0.804. The first-order valence-electron chi connectivity index (χ1n) is 10.6. The average molecular weight is 412 g/mol. The Balaban J connectivity index is 1.37. The van der Waals surface area contributed by atoms with E-state index in [9.17, 15) is 5.26 Å². The van der Waals surface area contributed by atoms with Gasteiger partial charge in [0.2, 0.25) is 0 Å². The van der Waals surface area contributed by atoms with Crippen LogP contribution in [-0.2, 0) is 6.61 Å². The highest BCUT2D eigenvalue weighted by atomic mass is 16.5. The van der Waals surface area contributed by atoms with Gasteiger partial charge in [0.25, 0.3) is 0 Å². The van der Waals surface area contributed by atoms with Crippen molar-refractivity contribution in [2.45, 2.75) is 6.61 Å². The SMILES string of the molecule is N#C/C(=C/c1ccc(OCc2cccc3ccccc23)cc1)c1cccc2ccccc12. The zero-order chi connectivity index (χ0) is 21.8. The maximum absolute atomic E-state index is 9.81. The molecule has 2 nitrogen and oxygen atoms in total. The van der Waals surface area contributed by atoms with Gasteiger partial charge in [-0.3, -0.25) is 0 Å². The molecule has 0 aliphatic heterocycles. The lowest BCUT2D eigenvalue weighted by Crippen LogP contribution is -1.96. The van der Waals surface area contributed by atoms with Gasteiger partial charge in [-0.1, -0.05) is 97.1 Å². The molecule has 0 aliphatic rings. The maximum Gasteiger partial charge on any atom is 0.119 e. The number of hydrogen-bond acceptors (Lipinski definition) is 2. The number of ether oxygens (including phenoxy) is 1. The first-order chi connectivity index (χ1) is 15.8. The van der Waals surface area contributed by atoms with Gasteiger partial charge in [-0.15, -0.1) is 0 Å². The molecule has 0 saturated carbocycles. The smallest absolute Gasteiger partial charge is 0.119 e. The molecule has 0 aromatic heterocycles. The molecule has 0 aliphatic carbocycles. The fraction of sp³-hybridized carbons (Fsp3) is 0.0333. The van der Waals surface area contributed by atoms with Crippen molar-refractivity contribution in [3.8, 4) is 11.8 Å². The summed E-state index contributed by atoms with van der Waals surface area (Å²) in [5.41, 5.74) is 3.72. The third kappa shape index (κ3) is 3.97. The van der Waals surface area contributed by atoms with Crippen LogP contribution in [0.5, 0.6) is 5.75 Å². The standard InChI is InChI=1S/C30H21NO/c31-20-26(30-14-6-10-24-8-2-4-13-29(24)30)19-22-15-17-27(18-16-22)32-21-25-11-5-9-23-7-1-3-12-28(23)25/h1-19H,21H2/b26-19-. The van der Waals surface area contributed by atoms with E-state index in [0.717, 1.165) is 33.2 Å². The van der Waals surface area contributed by atoms with Crippen LogP contribution >= 0.6 is 0 Å². The minimum atomic E-state index is 0.510. The molecular formula is C30H21NO. The summed E-state index contributed by atoms with van der Waals surface area (Å²) >= 11 is 0. The molecule has 0 amide bonds. The highest BCUT2D eigenvalue weighted by Crippen LogP contribution is 2.27. The highest BCUT2D eigenvalue weighted by molar-refractivity contribution is 6.01. The molecule has 152 valence electrons. The van der Waals surface area contributed by atoms with Crippen LogP contribution in [-0.4, -0.2) is 0 Å². The topological polar surface area (TPSA) is 33.0 Å². The van der Waals surface area contributed by atoms with Crippen LogP contribution in [0.4, 0.5) is 0 Å². The third-order valence-electron chi connectivity index (χ3n) is 5.67. The Morgan fingerprint density at radius 1 is 0.688 bits per heavy atom. The number of hydrogen-bond donors (Lipinski definition) is 0. The predicted molar refractivity (Wildman–Crippen MR) is 132 cm³/mol. The molecule has 5 rings (SSSR count). The molecule has 0 N–H and O–H groups in total. The van der Waals surface area contributed by atoms with Crippen molar-refractivity contribution >= 4 is 33.2 Å². The summed E-state index contributed by atoms with van der Waals surface area (Å²) in [4.78, 5) is 0. The van der Waals surface area contributed by atoms with Crippen LogP contribution in [0.15, 0.2) is 109 Å². The Kier molecular flexibility index (Phi) is 5.39. The maximum atomic E-state index is 9.81. The first-order valence-corrected chi connectivity index (χ1v) is 10.6. The minimum absolute atomic E-state index is 0.510. The number of allylic oxidation sites excluding steroid dienone is 1. The first kappa shape index (κ1) is 19.6. The quantitative estimate of drug-likeness (QED) is 0.220. The molecular weight excluding hydrogens is 390 g/mol. The Morgan fingerprint density at radius 3 is 2.06 bits per heavy atom. The summed E-state index contributed by atoms with van der Waals surface area (Å²) in [5, 5.41) is 14.4. The summed E-state index contributed by atoms with van der Waals surface area (Å²) in [6.45, 7) is 0.510. The summed E-state index contributed by atoms with van der Waals surface area (Å²) in [7, 11) is 0. The lowest BCUT2D eigenvalue weighted by atomic mass is 9.97. The van der Waals surface area contributed by atoms with Crippen LogP contribution in [0.3, 0.4) is 0 Å². The van der Waals surface area contributed by atoms with Crippen molar-refractivity contribution in [3.05, 3.63) is 126 Å². The molecule has 0 unspecified atom stereocenters. The van der Waals surface area contributed by atoms with Gasteiger partial charge in [0.05, 0.1) is 11.6 Å². The molecule has 0 spiro atoms. The van der Waals surface area contributed by atoms with E-state index in [2.05, 4.69) is 60.7 Å². The van der Waals surface area contributed by atoms with Crippen molar-refractivity contribution in [1.82, 2.24) is 0 Å². The Hall–Kier alpha value is -4.35. The van der Waals surface area contributed by atoms with Crippen molar-refractivity contribution in [3.63, 3.8) is 0 Å². The van der Waals surface area contributed by atoms with Crippen LogP contribution < -0.4 is 4.74 Å². The van der Waals surface area contributed by atoms with Gasteiger partial charge in [0, 0.05) is 5.56 Å². The second-order valence-corrected chi connectivity index (χ2v) is 7.69.